The molecule has 2 nitrogen and oxygen atoms in total. The van der Waals surface area contributed by atoms with Gasteiger partial charge in [-0.15, -0.1) is 11.3 Å². The first kappa shape index (κ1) is 33.2. The van der Waals surface area contributed by atoms with Crippen molar-refractivity contribution in [3.63, 3.8) is 0 Å². The Hall–Kier alpha value is -7.20. The minimum atomic E-state index is 1.10. The summed E-state index contributed by atoms with van der Waals surface area (Å²) in [7, 11) is 0. The maximum Gasteiger partial charge on any atom is 0.0619 e. The van der Waals surface area contributed by atoms with Crippen LogP contribution in [0.3, 0.4) is 0 Å². The van der Waals surface area contributed by atoms with Gasteiger partial charge in [0.1, 0.15) is 0 Å². The van der Waals surface area contributed by atoms with E-state index in [1.165, 1.54) is 75.4 Å². The van der Waals surface area contributed by atoms with Crippen LogP contribution in [-0.4, -0.2) is 4.57 Å². The highest BCUT2D eigenvalue weighted by Crippen LogP contribution is 2.44. The third kappa shape index (κ3) is 5.71. The topological polar surface area (TPSA) is 8.17 Å². The molecule has 11 rings (SSSR count). The molecule has 2 aromatic heterocycles. The molecule has 0 unspecified atom stereocenters. The third-order valence-corrected chi connectivity index (χ3v) is 12.3. The van der Waals surface area contributed by atoms with Crippen LogP contribution in [0, 0.1) is 0 Å². The number of thiophene rings is 1. The van der Waals surface area contributed by atoms with E-state index in [0.29, 0.717) is 0 Å². The maximum atomic E-state index is 2.42. The number of benzene rings is 9. The van der Waals surface area contributed by atoms with E-state index in [1.807, 2.05) is 11.3 Å². The summed E-state index contributed by atoms with van der Waals surface area (Å²) >= 11 is 1.85. The number of aromatic nitrogens is 1. The SMILES string of the molecule is c1ccc(-c2ccccc2-c2ccc(N(c3cccc(-c4cccc5c6ccccc6n(-c6ccccc6)c45)c3)c3ccc4sc5ccccc5c4c3)cc2)cc1. The van der Waals surface area contributed by atoms with Crippen LogP contribution in [0.25, 0.3) is 81.0 Å². The van der Waals surface area contributed by atoms with Gasteiger partial charge in [0.05, 0.1) is 11.0 Å². The highest BCUT2D eigenvalue weighted by molar-refractivity contribution is 7.25. The predicted molar refractivity (Wildman–Crippen MR) is 245 cm³/mol. The lowest BCUT2D eigenvalue weighted by Crippen LogP contribution is -2.10. The Kier molecular flexibility index (Phi) is 8.04. The van der Waals surface area contributed by atoms with Crippen molar-refractivity contribution < 1.29 is 0 Å². The Morgan fingerprint density at radius 2 is 0.895 bits per heavy atom. The number of para-hydroxylation sites is 3. The zero-order valence-electron chi connectivity index (χ0n) is 31.1. The Labute approximate surface area is 335 Å². The summed E-state index contributed by atoms with van der Waals surface area (Å²) in [6.45, 7) is 0. The van der Waals surface area contributed by atoms with Gasteiger partial charge in [0, 0.05) is 59.3 Å². The highest BCUT2D eigenvalue weighted by Gasteiger charge is 2.19. The predicted octanol–water partition coefficient (Wildman–Crippen LogP) is 15.6. The number of nitrogens with zero attached hydrogens (tertiary/aromatic N) is 2. The maximum absolute atomic E-state index is 2.42. The third-order valence-electron chi connectivity index (χ3n) is 11.2. The standard InChI is InChI=1S/C54H36N2S/c1-3-15-37(16-4-1)44-21-7-8-22-45(44)38-29-31-41(32-30-38)55(43-33-34-53-50(36-43)48-24-10-12-28-52(48)57-53)42-20-13-17-39(35-42)46-25-14-26-49-47-23-9-11-27-51(47)56(54(46)49)40-18-5-2-6-19-40/h1-36H. The van der Waals surface area contributed by atoms with Crippen LogP contribution >= 0.6 is 11.3 Å². The number of hydrogen-bond acceptors (Lipinski definition) is 2. The van der Waals surface area contributed by atoms with E-state index in [1.54, 1.807) is 0 Å². The summed E-state index contributed by atoms with van der Waals surface area (Å²) in [5.41, 5.74) is 14.1. The Morgan fingerprint density at radius 3 is 1.70 bits per heavy atom. The fourth-order valence-electron chi connectivity index (χ4n) is 8.60. The van der Waals surface area contributed by atoms with Crippen LogP contribution in [0.15, 0.2) is 218 Å². The van der Waals surface area contributed by atoms with Gasteiger partial charge in [0.2, 0.25) is 0 Å². The van der Waals surface area contributed by atoms with Gasteiger partial charge in [-0.2, -0.15) is 0 Å². The molecule has 0 radical (unpaired) electrons. The highest BCUT2D eigenvalue weighted by atomic mass is 32.1. The molecule has 268 valence electrons. The van der Waals surface area contributed by atoms with E-state index < -0.39 is 0 Å². The molecule has 3 heteroatoms. The molecule has 0 fully saturated rings. The molecule has 0 aliphatic heterocycles. The Bertz CT molecular complexity index is 3230. The summed E-state index contributed by atoms with van der Waals surface area (Å²) in [4.78, 5) is 2.41. The summed E-state index contributed by atoms with van der Waals surface area (Å²) in [5.74, 6) is 0. The molecule has 0 bridgehead atoms. The van der Waals surface area contributed by atoms with Gasteiger partial charge in [0.15, 0.2) is 0 Å². The van der Waals surface area contributed by atoms with E-state index in [-0.39, 0.29) is 0 Å². The van der Waals surface area contributed by atoms with Crippen LogP contribution < -0.4 is 4.90 Å². The largest absolute Gasteiger partial charge is 0.310 e. The Morgan fingerprint density at radius 1 is 0.333 bits per heavy atom. The van der Waals surface area contributed by atoms with Gasteiger partial charge < -0.3 is 9.47 Å². The molecule has 0 amide bonds. The normalized spacial score (nSPS) is 11.5. The average molecular weight is 745 g/mol. The second kappa shape index (κ2) is 13.8. The fourth-order valence-corrected chi connectivity index (χ4v) is 9.69. The van der Waals surface area contributed by atoms with Crippen molar-refractivity contribution in [2.75, 3.05) is 4.90 Å². The first-order chi connectivity index (χ1) is 28.3. The van der Waals surface area contributed by atoms with Crippen LogP contribution in [0.4, 0.5) is 17.1 Å². The van der Waals surface area contributed by atoms with Crippen molar-refractivity contribution in [1.82, 2.24) is 4.57 Å². The van der Waals surface area contributed by atoms with Crippen molar-refractivity contribution in [3.8, 4) is 39.1 Å². The summed E-state index contributed by atoms with van der Waals surface area (Å²) < 4.78 is 5.02. The number of hydrogen-bond donors (Lipinski definition) is 0. The van der Waals surface area contributed by atoms with Gasteiger partial charge in [-0.05, 0) is 94.5 Å². The van der Waals surface area contributed by atoms with E-state index in [9.17, 15) is 0 Å². The molecule has 9 aromatic carbocycles. The van der Waals surface area contributed by atoms with Crippen LogP contribution in [0.5, 0.6) is 0 Å². The molecule has 0 aliphatic rings. The molecule has 11 aromatic rings. The fraction of sp³-hybridized carbons (Fsp3) is 0. The van der Waals surface area contributed by atoms with Gasteiger partial charge in [-0.25, -0.2) is 0 Å². The molecular weight excluding hydrogens is 709 g/mol. The molecule has 0 saturated carbocycles. The van der Waals surface area contributed by atoms with E-state index in [4.69, 9.17) is 0 Å². The molecule has 0 N–H and O–H groups in total. The monoisotopic (exact) mass is 744 g/mol. The van der Waals surface area contributed by atoms with Crippen molar-refractivity contribution in [2.45, 2.75) is 0 Å². The van der Waals surface area contributed by atoms with Gasteiger partial charge in [0.25, 0.3) is 0 Å². The van der Waals surface area contributed by atoms with E-state index >= 15 is 0 Å². The van der Waals surface area contributed by atoms with Crippen LogP contribution in [0.2, 0.25) is 0 Å². The van der Waals surface area contributed by atoms with Gasteiger partial charge >= 0.3 is 0 Å². The van der Waals surface area contributed by atoms with Gasteiger partial charge in [-0.1, -0.05) is 152 Å². The van der Waals surface area contributed by atoms with Crippen molar-refractivity contribution >= 4 is 70.4 Å². The van der Waals surface area contributed by atoms with Crippen molar-refractivity contribution in [3.05, 3.63) is 218 Å². The van der Waals surface area contributed by atoms with Crippen LogP contribution in [0.1, 0.15) is 0 Å². The van der Waals surface area contributed by atoms with Crippen molar-refractivity contribution in [2.24, 2.45) is 0 Å². The quantitative estimate of drug-likeness (QED) is 0.158. The number of rotatable bonds is 7. The lowest BCUT2D eigenvalue weighted by molar-refractivity contribution is 1.18. The number of anilines is 3. The molecule has 2 heterocycles. The lowest BCUT2D eigenvalue weighted by atomic mass is 9.94. The zero-order valence-corrected chi connectivity index (χ0v) is 31.9. The smallest absolute Gasteiger partial charge is 0.0619 e. The minimum absolute atomic E-state index is 1.10. The molecule has 0 spiro atoms. The van der Waals surface area contributed by atoms with E-state index in [0.717, 1.165) is 22.7 Å². The molecule has 0 aliphatic carbocycles. The molecule has 0 saturated heterocycles. The first-order valence-corrected chi connectivity index (χ1v) is 20.2. The van der Waals surface area contributed by atoms with Gasteiger partial charge in [-0.3, -0.25) is 0 Å². The van der Waals surface area contributed by atoms with Crippen molar-refractivity contribution in [1.29, 1.82) is 0 Å². The Balaban J connectivity index is 1.09. The summed E-state index contributed by atoms with van der Waals surface area (Å²) in [5, 5.41) is 5.07. The molecule has 57 heavy (non-hydrogen) atoms. The second-order valence-electron chi connectivity index (χ2n) is 14.5. The molecule has 0 atom stereocenters. The minimum Gasteiger partial charge on any atom is -0.310 e. The van der Waals surface area contributed by atoms with Crippen LogP contribution in [-0.2, 0) is 0 Å². The summed E-state index contributed by atoms with van der Waals surface area (Å²) in [6, 6.07) is 79.4. The van der Waals surface area contributed by atoms with E-state index in [2.05, 4.69) is 228 Å². The average Bonchev–Trinajstić information content (AvgIpc) is 3.83. The zero-order chi connectivity index (χ0) is 37.7. The summed E-state index contributed by atoms with van der Waals surface area (Å²) in [6.07, 6.45) is 0. The second-order valence-corrected chi connectivity index (χ2v) is 15.6. The lowest BCUT2D eigenvalue weighted by Gasteiger charge is -2.26. The first-order valence-electron chi connectivity index (χ1n) is 19.4. The number of fused-ring (bicyclic) bond motifs is 6. The molecular formula is C54H36N2S.